The van der Waals surface area contributed by atoms with Gasteiger partial charge in [0.25, 0.3) is 0 Å². The maximum atomic E-state index is 12.6. The molecule has 0 rings (SSSR count). The zero-order chi connectivity index (χ0) is 18.2. The number of Topliss-reactive ketones (excluding diaryl/α,β-unsaturated/α-hetero) is 1. The van der Waals surface area contributed by atoms with Crippen molar-refractivity contribution >= 4 is 17.9 Å². The Hall–Kier alpha value is -1.47. The van der Waals surface area contributed by atoms with Gasteiger partial charge in [-0.1, -0.05) is 25.9 Å². The predicted octanol–water partition coefficient (Wildman–Crippen LogP) is 0.666. The van der Waals surface area contributed by atoms with Gasteiger partial charge in [-0.3, -0.25) is 14.5 Å². The number of amides is 1. The Morgan fingerprint density at radius 2 is 1.87 bits per heavy atom. The van der Waals surface area contributed by atoms with Crippen LogP contribution in [0.25, 0.3) is 0 Å². The summed E-state index contributed by atoms with van der Waals surface area (Å²) in [7, 11) is 4.89. The van der Waals surface area contributed by atoms with Gasteiger partial charge in [-0.15, -0.1) is 0 Å². The van der Waals surface area contributed by atoms with Crippen LogP contribution in [-0.4, -0.2) is 67.3 Å². The van der Waals surface area contributed by atoms with E-state index in [9.17, 15) is 14.7 Å². The molecule has 23 heavy (non-hydrogen) atoms. The van der Waals surface area contributed by atoms with Crippen molar-refractivity contribution in [1.82, 2.24) is 10.2 Å². The van der Waals surface area contributed by atoms with Crippen molar-refractivity contribution in [1.29, 1.82) is 0 Å². The maximum absolute atomic E-state index is 12.6. The quantitative estimate of drug-likeness (QED) is 0.454. The van der Waals surface area contributed by atoms with E-state index < -0.39 is 18.2 Å². The Morgan fingerprint density at radius 1 is 1.30 bits per heavy atom. The lowest BCUT2D eigenvalue weighted by Crippen LogP contribution is -2.56. The molecule has 0 saturated carbocycles. The minimum atomic E-state index is -0.895. The van der Waals surface area contributed by atoms with Crippen LogP contribution in [0.15, 0.2) is 5.16 Å². The summed E-state index contributed by atoms with van der Waals surface area (Å²) in [5, 5.41) is 16.9. The zero-order valence-electron chi connectivity index (χ0n) is 15.2. The van der Waals surface area contributed by atoms with Gasteiger partial charge in [-0.05, 0) is 39.3 Å². The van der Waals surface area contributed by atoms with Crippen LogP contribution in [-0.2, 0) is 14.4 Å². The number of rotatable bonds is 10. The summed E-state index contributed by atoms with van der Waals surface area (Å²) in [4.78, 5) is 30.5. The highest BCUT2D eigenvalue weighted by Crippen LogP contribution is 2.15. The lowest BCUT2D eigenvalue weighted by atomic mass is 9.93. The van der Waals surface area contributed by atoms with Crippen LogP contribution in [0.2, 0.25) is 0 Å². The Morgan fingerprint density at radius 3 is 2.26 bits per heavy atom. The van der Waals surface area contributed by atoms with E-state index in [4.69, 9.17) is 0 Å². The van der Waals surface area contributed by atoms with Gasteiger partial charge < -0.3 is 15.3 Å². The molecule has 4 atom stereocenters. The molecule has 0 bridgehead atoms. The molecule has 134 valence electrons. The molecule has 7 nitrogen and oxygen atoms in total. The van der Waals surface area contributed by atoms with Crippen LogP contribution >= 0.6 is 0 Å². The third kappa shape index (κ3) is 7.09. The zero-order valence-corrected chi connectivity index (χ0v) is 15.2. The summed E-state index contributed by atoms with van der Waals surface area (Å²) in [5.74, 6) is -0.655. The molecular formula is C16H31N3O4. The molecule has 0 aromatic rings. The SMILES string of the molecule is CO/N=C/C[C@@H](C)[C@@H](O)[C@H](C(=O)N[C@@H](C(C)=O)C(C)C)N(C)C. The Bertz CT molecular complexity index is 410. The minimum Gasteiger partial charge on any atom is -0.399 e. The monoisotopic (exact) mass is 329 g/mol. The van der Waals surface area contributed by atoms with E-state index in [0.717, 1.165) is 0 Å². The third-order valence-corrected chi connectivity index (χ3v) is 3.79. The number of hydrogen-bond acceptors (Lipinski definition) is 6. The molecule has 0 aromatic heterocycles. The molecule has 0 fully saturated rings. The number of oxime groups is 1. The van der Waals surface area contributed by atoms with Gasteiger partial charge in [-0.25, -0.2) is 0 Å². The summed E-state index contributed by atoms with van der Waals surface area (Å²) >= 11 is 0. The number of carbonyl (C=O) groups excluding carboxylic acids is 2. The van der Waals surface area contributed by atoms with E-state index >= 15 is 0 Å². The van der Waals surface area contributed by atoms with Crippen LogP contribution in [0.5, 0.6) is 0 Å². The van der Waals surface area contributed by atoms with E-state index in [1.165, 1.54) is 14.0 Å². The highest BCUT2D eigenvalue weighted by atomic mass is 16.6. The number of carbonyl (C=O) groups is 2. The fourth-order valence-electron chi connectivity index (χ4n) is 2.41. The van der Waals surface area contributed by atoms with Crippen LogP contribution in [0, 0.1) is 11.8 Å². The predicted molar refractivity (Wildman–Crippen MR) is 90.2 cm³/mol. The standard InChI is InChI=1S/C16H31N3O4/c1-10(2)13(12(4)20)18-16(22)14(19(5)6)15(21)11(3)8-9-17-23-7/h9-11,13-15,21H,8H2,1-7H3,(H,18,22)/b17-9+/t11-,13-,14-,15-/m1/s1. The Kier molecular flexibility index (Phi) is 9.67. The van der Waals surface area contributed by atoms with Gasteiger partial charge in [-0.2, -0.15) is 0 Å². The fourth-order valence-corrected chi connectivity index (χ4v) is 2.41. The molecule has 0 spiro atoms. The summed E-state index contributed by atoms with van der Waals surface area (Å²) in [6.07, 6.45) is 1.14. The number of aliphatic hydroxyl groups excluding tert-OH is 1. The van der Waals surface area contributed by atoms with Crippen LogP contribution in [0.4, 0.5) is 0 Å². The maximum Gasteiger partial charge on any atom is 0.240 e. The van der Waals surface area contributed by atoms with Crippen LogP contribution < -0.4 is 5.32 Å². The molecule has 0 heterocycles. The lowest BCUT2D eigenvalue weighted by Gasteiger charge is -2.32. The van der Waals surface area contributed by atoms with Gasteiger partial charge in [0, 0.05) is 6.21 Å². The first-order valence-corrected chi connectivity index (χ1v) is 7.83. The van der Waals surface area contributed by atoms with Crippen molar-refractivity contribution in [3.8, 4) is 0 Å². The molecule has 0 saturated heterocycles. The highest BCUT2D eigenvalue weighted by molar-refractivity contribution is 5.90. The van der Waals surface area contributed by atoms with Crippen molar-refractivity contribution in [2.24, 2.45) is 17.0 Å². The van der Waals surface area contributed by atoms with Crippen LogP contribution in [0.1, 0.15) is 34.1 Å². The first-order chi connectivity index (χ1) is 10.6. The van der Waals surface area contributed by atoms with Crippen molar-refractivity contribution in [2.45, 2.75) is 52.3 Å². The van der Waals surface area contributed by atoms with Crippen molar-refractivity contribution in [3.63, 3.8) is 0 Å². The third-order valence-electron chi connectivity index (χ3n) is 3.79. The number of ketones is 1. The molecule has 0 aliphatic heterocycles. The summed E-state index contributed by atoms with van der Waals surface area (Å²) in [6, 6.07) is -1.30. The normalized spacial score (nSPS) is 17.1. The molecule has 2 N–H and O–H groups in total. The number of hydrogen-bond donors (Lipinski definition) is 2. The molecule has 0 aliphatic carbocycles. The smallest absolute Gasteiger partial charge is 0.240 e. The fraction of sp³-hybridized carbons (Fsp3) is 0.812. The Balaban J connectivity index is 5.05. The second-order valence-corrected chi connectivity index (χ2v) is 6.42. The Labute approximate surface area is 139 Å². The molecule has 1 amide bonds. The second-order valence-electron chi connectivity index (χ2n) is 6.42. The van der Waals surface area contributed by atoms with Crippen molar-refractivity contribution in [2.75, 3.05) is 21.2 Å². The van der Waals surface area contributed by atoms with E-state index in [1.807, 2.05) is 20.8 Å². The molecule has 7 heteroatoms. The molecule has 0 radical (unpaired) electrons. The van der Waals surface area contributed by atoms with Crippen LogP contribution in [0.3, 0.4) is 0 Å². The molecule has 0 aromatic carbocycles. The van der Waals surface area contributed by atoms with E-state index in [-0.39, 0.29) is 23.5 Å². The first kappa shape index (κ1) is 21.5. The molecule has 0 unspecified atom stereocenters. The van der Waals surface area contributed by atoms with Crippen molar-refractivity contribution in [3.05, 3.63) is 0 Å². The van der Waals surface area contributed by atoms with Crippen molar-refractivity contribution < 1.29 is 19.5 Å². The largest absolute Gasteiger partial charge is 0.399 e. The van der Waals surface area contributed by atoms with E-state index in [1.54, 1.807) is 25.2 Å². The summed E-state index contributed by atoms with van der Waals surface area (Å²) in [5.41, 5.74) is 0. The number of nitrogens with zero attached hydrogens (tertiary/aromatic N) is 2. The van der Waals surface area contributed by atoms with Gasteiger partial charge in [0.2, 0.25) is 5.91 Å². The number of likely N-dealkylation sites (N-methyl/N-ethyl adjacent to an activating group) is 1. The van der Waals surface area contributed by atoms with E-state index in [0.29, 0.717) is 6.42 Å². The summed E-state index contributed by atoms with van der Waals surface area (Å²) < 4.78 is 0. The first-order valence-electron chi connectivity index (χ1n) is 7.83. The summed E-state index contributed by atoms with van der Waals surface area (Å²) in [6.45, 7) is 7.03. The van der Waals surface area contributed by atoms with Gasteiger partial charge in [0.1, 0.15) is 13.2 Å². The second kappa shape index (κ2) is 10.3. The average molecular weight is 329 g/mol. The average Bonchev–Trinajstić information content (AvgIpc) is 2.43. The van der Waals surface area contributed by atoms with Gasteiger partial charge >= 0.3 is 0 Å². The van der Waals surface area contributed by atoms with E-state index in [2.05, 4.69) is 15.3 Å². The molecule has 0 aliphatic rings. The minimum absolute atomic E-state index is 0.0114. The highest BCUT2D eigenvalue weighted by Gasteiger charge is 2.34. The topological polar surface area (TPSA) is 91.2 Å². The number of nitrogens with one attached hydrogen (secondary N) is 1. The van der Waals surface area contributed by atoms with Gasteiger partial charge in [0.15, 0.2) is 5.78 Å². The molecular weight excluding hydrogens is 298 g/mol. The number of aliphatic hydroxyl groups is 1. The lowest BCUT2D eigenvalue weighted by molar-refractivity contribution is -0.134. The van der Waals surface area contributed by atoms with Gasteiger partial charge in [0.05, 0.1) is 12.1 Å².